The SMILES string of the molecule is COC(=O)c1c(-c2ccc(OC)cc2)cnc2[nH]c3ccccc3c12. The maximum atomic E-state index is 12.6. The summed E-state index contributed by atoms with van der Waals surface area (Å²) < 4.78 is 10.3. The number of aromatic amines is 1. The van der Waals surface area contributed by atoms with Gasteiger partial charge in [-0.1, -0.05) is 30.3 Å². The second kappa shape index (κ2) is 5.94. The lowest BCUT2D eigenvalue weighted by Crippen LogP contribution is -2.05. The average Bonchev–Trinajstić information content (AvgIpc) is 3.05. The molecule has 4 aromatic rings. The number of esters is 1. The maximum absolute atomic E-state index is 12.6. The van der Waals surface area contributed by atoms with Crippen LogP contribution < -0.4 is 4.74 Å². The summed E-state index contributed by atoms with van der Waals surface area (Å²) in [5.41, 5.74) is 3.71. The molecule has 0 fully saturated rings. The second-order valence-corrected chi connectivity index (χ2v) is 5.66. The van der Waals surface area contributed by atoms with E-state index in [1.54, 1.807) is 13.3 Å². The van der Waals surface area contributed by atoms with E-state index in [2.05, 4.69) is 9.97 Å². The Hall–Kier alpha value is -3.34. The highest BCUT2D eigenvalue weighted by Crippen LogP contribution is 2.34. The third-order valence-electron chi connectivity index (χ3n) is 4.32. The van der Waals surface area contributed by atoms with Crippen molar-refractivity contribution in [3.8, 4) is 16.9 Å². The van der Waals surface area contributed by atoms with E-state index in [0.717, 1.165) is 33.2 Å². The van der Waals surface area contributed by atoms with E-state index in [4.69, 9.17) is 9.47 Å². The van der Waals surface area contributed by atoms with Crippen molar-refractivity contribution in [2.45, 2.75) is 0 Å². The standard InChI is InChI=1S/C20H16N2O3/c1-24-13-9-7-12(8-10-13)15-11-21-19-17(18(15)20(23)25-2)14-5-3-4-6-16(14)22-19/h3-11H,1-2H3,(H,21,22). The molecule has 2 aromatic carbocycles. The van der Waals surface area contributed by atoms with Crippen molar-refractivity contribution in [2.75, 3.05) is 14.2 Å². The Morgan fingerprint density at radius 3 is 2.52 bits per heavy atom. The molecule has 4 rings (SSSR count). The molecule has 0 aliphatic heterocycles. The normalized spacial score (nSPS) is 11.0. The number of hydrogen-bond acceptors (Lipinski definition) is 4. The molecule has 0 aliphatic rings. The number of hydrogen-bond donors (Lipinski definition) is 1. The molecule has 25 heavy (non-hydrogen) atoms. The van der Waals surface area contributed by atoms with Crippen LogP contribution in [0.15, 0.2) is 54.7 Å². The molecule has 0 atom stereocenters. The molecule has 0 saturated carbocycles. The number of nitrogens with one attached hydrogen (secondary N) is 1. The zero-order chi connectivity index (χ0) is 17.4. The summed E-state index contributed by atoms with van der Waals surface area (Å²) in [4.78, 5) is 20.4. The van der Waals surface area contributed by atoms with Crippen molar-refractivity contribution in [2.24, 2.45) is 0 Å². The molecule has 0 unspecified atom stereocenters. The predicted molar refractivity (Wildman–Crippen MR) is 96.9 cm³/mol. The predicted octanol–water partition coefficient (Wildman–Crippen LogP) is 4.18. The zero-order valence-electron chi connectivity index (χ0n) is 13.9. The van der Waals surface area contributed by atoms with E-state index in [-0.39, 0.29) is 5.97 Å². The highest BCUT2D eigenvalue weighted by molar-refractivity contribution is 6.18. The van der Waals surface area contributed by atoms with Crippen LogP contribution in [0.5, 0.6) is 5.75 Å². The minimum absolute atomic E-state index is 0.386. The monoisotopic (exact) mass is 332 g/mol. The van der Waals surface area contributed by atoms with Gasteiger partial charge in [0.15, 0.2) is 0 Å². The second-order valence-electron chi connectivity index (χ2n) is 5.66. The van der Waals surface area contributed by atoms with Crippen molar-refractivity contribution >= 4 is 27.9 Å². The Bertz CT molecular complexity index is 1080. The van der Waals surface area contributed by atoms with E-state index in [9.17, 15) is 4.79 Å². The van der Waals surface area contributed by atoms with Gasteiger partial charge in [0.25, 0.3) is 0 Å². The molecule has 2 heterocycles. The third kappa shape index (κ3) is 2.41. The lowest BCUT2D eigenvalue weighted by atomic mass is 9.98. The Balaban J connectivity index is 2.06. The number of para-hydroxylation sites is 1. The van der Waals surface area contributed by atoms with E-state index in [0.29, 0.717) is 11.2 Å². The Kier molecular flexibility index (Phi) is 3.61. The van der Waals surface area contributed by atoms with Crippen LogP contribution in [0.4, 0.5) is 0 Å². The van der Waals surface area contributed by atoms with E-state index >= 15 is 0 Å². The van der Waals surface area contributed by atoms with Gasteiger partial charge in [-0.2, -0.15) is 0 Å². The Labute approximate surface area is 144 Å². The topological polar surface area (TPSA) is 64.2 Å². The first-order chi connectivity index (χ1) is 12.2. The molecule has 5 heteroatoms. The first kappa shape index (κ1) is 15.2. The highest BCUT2D eigenvalue weighted by atomic mass is 16.5. The smallest absolute Gasteiger partial charge is 0.339 e. The molecule has 0 bridgehead atoms. The molecule has 5 nitrogen and oxygen atoms in total. The zero-order valence-corrected chi connectivity index (χ0v) is 13.9. The fraction of sp³-hybridized carbons (Fsp3) is 0.100. The van der Waals surface area contributed by atoms with Crippen LogP contribution in [0.1, 0.15) is 10.4 Å². The summed E-state index contributed by atoms with van der Waals surface area (Å²) in [5, 5.41) is 1.72. The van der Waals surface area contributed by atoms with Crippen molar-refractivity contribution in [3.05, 3.63) is 60.3 Å². The highest BCUT2D eigenvalue weighted by Gasteiger charge is 2.21. The van der Waals surface area contributed by atoms with Gasteiger partial charge in [0.1, 0.15) is 11.4 Å². The van der Waals surface area contributed by atoms with Gasteiger partial charge in [0.05, 0.1) is 19.8 Å². The van der Waals surface area contributed by atoms with Gasteiger partial charge >= 0.3 is 5.97 Å². The molecule has 0 aliphatic carbocycles. The number of fused-ring (bicyclic) bond motifs is 3. The lowest BCUT2D eigenvalue weighted by Gasteiger charge is -2.10. The quantitative estimate of drug-likeness (QED) is 0.572. The number of pyridine rings is 1. The van der Waals surface area contributed by atoms with E-state index in [1.807, 2.05) is 48.5 Å². The summed E-state index contributed by atoms with van der Waals surface area (Å²) in [7, 11) is 3.01. The van der Waals surface area contributed by atoms with Crippen LogP contribution in [-0.2, 0) is 4.74 Å². The lowest BCUT2D eigenvalue weighted by molar-refractivity contribution is 0.0604. The first-order valence-corrected chi connectivity index (χ1v) is 7.85. The number of carbonyl (C=O) groups excluding carboxylic acids is 1. The largest absolute Gasteiger partial charge is 0.497 e. The van der Waals surface area contributed by atoms with Crippen LogP contribution >= 0.6 is 0 Å². The fourth-order valence-electron chi connectivity index (χ4n) is 3.11. The first-order valence-electron chi connectivity index (χ1n) is 7.85. The molecule has 0 radical (unpaired) electrons. The van der Waals surface area contributed by atoms with Gasteiger partial charge in [-0.15, -0.1) is 0 Å². The summed E-state index contributed by atoms with van der Waals surface area (Å²) in [5.74, 6) is 0.368. The number of H-pyrrole nitrogens is 1. The summed E-state index contributed by atoms with van der Waals surface area (Å²) in [6, 6.07) is 15.3. The van der Waals surface area contributed by atoms with Crippen LogP contribution in [0.2, 0.25) is 0 Å². The van der Waals surface area contributed by atoms with Crippen LogP contribution in [0, 0.1) is 0 Å². The molecule has 2 aromatic heterocycles. The maximum Gasteiger partial charge on any atom is 0.339 e. The van der Waals surface area contributed by atoms with Gasteiger partial charge in [-0.05, 0) is 23.8 Å². The molecule has 124 valence electrons. The van der Waals surface area contributed by atoms with Crippen molar-refractivity contribution in [3.63, 3.8) is 0 Å². The Morgan fingerprint density at radius 1 is 1.04 bits per heavy atom. The van der Waals surface area contributed by atoms with Gasteiger partial charge in [-0.3, -0.25) is 0 Å². The third-order valence-corrected chi connectivity index (χ3v) is 4.32. The minimum Gasteiger partial charge on any atom is -0.497 e. The number of carbonyl (C=O) groups is 1. The van der Waals surface area contributed by atoms with E-state index in [1.165, 1.54) is 7.11 Å². The van der Waals surface area contributed by atoms with Gasteiger partial charge in [0.2, 0.25) is 0 Å². The van der Waals surface area contributed by atoms with Crippen LogP contribution in [0.25, 0.3) is 33.1 Å². The van der Waals surface area contributed by atoms with Crippen LogP contribution in [-0.4, -0.2) is 30.2 Å². The van der Waals surface area contributed by atoms with Gasteiger partial charge in [0, 0.05) is 28.0 Å². The molecule has 0 spiro atoms. The Morgan fingerprint density at radius 2 is 1.80 bits per heavy atom. The van der Waals surface area contributed by atoms with Crippen LogP contribution in [0.3, 0.4) is 0 Å². The summed E-state index contributed by atoms with van der Waals surface area (Å²) >= 11 is 0. The number of methoxy groups -OCH3 is 2. The van der Waals surface area contributed by atoms with Crippen molar-refractivity contribution < 1.29 is 14.3 Å². The summed E-state index contributed by atoms with van der Waals surface area (Å²) in [6.07, 6.45) is 1.70. The van der Waals surface area contributed by atoms with Gasteiger partial charge < -0.3 is 14.5 Å². The average molecular weight is 332 g/mol. The number of rotatable bonds is 3. The molecule has 1 N–H and O–H groups in total. The number of aromatic nitrogens is 2. The van der Waals surface area contributed by atoms with Crippen molar-refractivity contribution in [1.82, 2.24) is 9.97 Å². The number of nitrogens with zero attached hydrogens (tertiary/aromatic N) is 1. The minimum atomic E-state index is -0.386. The molecular formula is C20H16N2O3. The number of benzene rings is 2. The fourth-order valence-corrected chi connectivity index (χ4v) is 3.11. The van der Waals surface area contributed by atoms with E-state index < -0.39 is 0 Å². The molecular weight excluding hydrogens is 316 g/mol. The molecule has 0 amide bonds. The summed E-state index contributed by atoms with van der Waals surface area (Å²) in [6.45, 7) is 0. The molecule has 0 saturated heterocycles. The number of ether oxygens (including phenoxy) is 2. The van der Waals surface area contributed by atoms with Crippen molar-refractivity contribution in [1.29, 1.82) is 0 Å². The van der Waals surface area contributed by atoms with Gasteiger partial charge in [-0.25, -0.2) is 9.78 Å².